The zero-order chi connectivity index (χ0) is 15.8. The van der Waals surface area contributed by atoms with E-state index >= 15 is 0 Å². The Balaban J connectivity index is 1.81. The molecule has 2 aromatic rings. The van der Waals surface area contributed by atoms with E-state index in [9.17, 15) is 4.79 Å². The van der Waals surface area contributed by atoms with Gasteiger partial charge in [0.1, 0.15) is 5.75 Å². The molecular formula is C17H18BrNO2S. The zero-order valence-electron chi connectivity index (χ0n) is 12.3. The summed E-state index contributed by atoms with van der Waals surface area (Å²) in [6.45, 7) is 2.54. The highest BCUT2D eigenvalue weighted by Crippen LogP contribution is 2.22. The highest BCUT2D eigenvalue weighted by molar-refractivity contribution is 9.10. The minimum Gasteiger partial charge on any atom is -0.494 e. The van der Waals surface area contributed by atoms with Gasteiger partial charge in [-0.1, -0.05) is 40.2 Å². The summed E-state index contributed by atoms with van der Waals surface area (Å²) in [4.78, 5) is 12.0. The summed E-state index contributed by atoms with van der Waals surface area (Å²) in [7, 11) is 0. The Labute approximate surface area is 143 Å². The van der Waals surface area contributed by atoms with Crippen LogP contribution in [0.5, 0.6) is 5.75 Å². The molecule has 2 rings (SSSR count). The normalized spacial score (nSPS) is 10.3. The quantitative estimate of drug-likeness (QED) is 0.756. The van der Waals surface area contributed by atoms with Gasteiger partial charge in [-0.15, -0.1) is 11.8 Å². The minimum absolute atomic E-state index is 0.00861. The molecule has 0 aliphatic heterocycles. The maximum absolute atomic E-state index is 12.0. The molecule has 0 atom stereocenters. The second-order valence-corrected chi connectivity index (χ2v) is 6.43. The molecule has 0 aromatic heterocycles. The first-order valence-electron chi connectivity index (χ1n) is 7.03. The number of hydrogen-bond donors (Lipinski definition) is 1. The molecule has 0 bridgehead atoms. The van der Waals surface area contributed by atoms with Crippen LogP contribution in [0.25, 0.3) is 0 Å². The van der Waals surface area contributed by atoms with Crippen LogP contribution in [0.3, 0.4) is 0 Å². The lowest BCUT2D eigenvalue weighted by molar-refractivity contribution is -0.113. The largest absolute Gasteiger partial charge is 0.494 e. The van der Waals surface area contributed by atoms with E-state index in [0.29, 0.717) is 12.4 Å². The molecule has 0 unspecified atom stereocenters. The Morgan fingerprint density at radius 1 is 1.23 bits per heavy atom. The highest BCUT2D eigenvalue weighted by Gasteiger charge is 2.05. The second-order valence-electron chi connectivity index (χ2n) is 4.59. The number of carbonyl (C=O) groups is 1. The Bertz CT molecular complexity index is 634. The first-order chi connectivity index (χ1) is 10.7. The van der Waals surface area contributed by atoms with Crippen LogP contribution in [0.15, 0.2) is 53.0 Å². The van der Waals surface area contributed by atoms with Crippen molar-refractivity contribution in [2.24, 2.45) is 0 Å². The van der Waals surface area contributed by atoms with Crippen LogP contribution >= 0.6 is 27.7 Å². The smallest absolute Gasteiger partial charge is 0.234 e. The van der Waals surface area contributed by atoms with E-state index in [2.05, 4.69) is 27.3 Å². The van der Waals surface area contributed by atoms with Gasteiger partial charge in [-0.3, -0.25) is 4.79 Å². The summed E-state index contributed by atoms with van der Waals surface area (Å²) in [6, 6.07) is 15.5. The first-order valence-corrected chi connectivity index (χ1v) is 8.97. The number of halogens is 1. The average Bonchev–Trinajstić information content (AvgIpc) is 2.50. The lowest BCUT2D eigenvalue weighted by Gasteiger charge is -2.08. The van der Waals surface area contributed by atoms with Gasteiger partial charge in [-0.05, 0) is 30.7 Å². The lowest BCUT2D eigenvalue weighted by atomic mass is 10.2. The molecule has 0 saturated carbocycles. The Morgan fingerprint density at radius 3 is 2.82 bits per heavy atom. The van der Waals surface area contributed by atoms with Crippen molar-refractivity contribution in [1.82, 2.24) is 0 Å². The molecule has 116 valence electrons. The number of thioether (sulfide) groups is 1. The monoisotopic (exact) mass is 379 g/mol. The minimum atomic E-state index is -0.00861. The van der Waals surface area contributed by atoms with Gasteiger partial charge in [0.05, 0.1) is 12.4 Å². The van der Waals surface area contributed by atoms with Gasteiger partial charge in [0.15, 0.2) is 0 Å². The van der Waals surface area contributed by atoms with Crippen molar-refractivity contribution in [1.29, 1.82) is 0 Å². The van der Waals surface area contributed by atoms with E-state index in [1.807, 2.05) is 49.4 Å². The van der Waals surface area contributed by atoms with E-state index in [1.54, 1.807) is 11.8 Å². The summed E-state index contributed by atoms with van der Waals surface area (Å²) in [5.41, 5.74) is 1.95. The van der Waals surface area contributed by atoms with Crippen molar-refractivity contribution in [3.63, 3.8) is 0 Å². The van der Waals surface area contributed by atoms with Crippen LogP contribution in [0, 0.1) is 0 Å². The standard InChI is InChI=1S/C17H18BrNO2S/c1-2-21-15-8-5-7-14(10-15)19-17(20)12-22-11-13-6-3-4-9-16(13)18/h3-10H,2,11-12H2,1H3,(H,19,20). The van der Waals surface area contributed by atoms with Crippen molar-refractivity contribution in [2.75, 3.05) is 17.7 Å². The zero-order valence-corrected chi connectivity index (χ0v) is 14.7. The third-order valence-corrected chi connectivity index (χ3v) is 4.63. The van der Waals surface area contributed by atoms with E-state index < -0.39 is 0 Å². The number of nitrogens with one attached hydrogen (secondary N) is 1. The predicted molar refractivity (Wildman–Crippen MR) is 96.5 cm³/mol. The Hall–Kier alpha value is -1.46. The molecule has 3 nitrogen and oxygen atoms in total. The van der Waals surface area contributed by atoms with Gasteiger partial charge >= 0.3 is 0 Å². The Morgan fingerprint density at radius 2 is 2.05 bits per heavy atom. The molecule has 0 heterocycles. The van der Waals surface area contributed by atoms with E-state index in [-0.39, 0.29) is 5.91 Å². The van der Waals surface area contributed by atoms with Crippen LogP contribution in [-0.4, -0.2) is 18.3 Å². The van der Waals surface area contributed by atoms with Gasteiger partial charge in [0, 0.05) is 22.0 Å². The maximum Gasteiger partial charge on any atom is 0.234 e. The number of rotatable bonds is 7. The topological polar surface area (TPSA) is 38.3 Å². The molecule has 5 heteroatoms. The summed E-state index contributed by atoms with van der Waals surface area (Å²) < 4.78 is 6.49. The fraction of sp³-hybridized carbons (Fsp3) is 0.235. The first kappa shape index (κ1) is 16.9. The average molecular weight is 380 g/mol. The molecule has 22 heavy (non-hydrogen) atoms. The van der Waals surface area contributed by atoms with Gasteiger partial charge in [0.25, 0.3) is 0 Å². The third kappa shape index (κ3) is 5.39. The lowest BCUT2D eigenvalue weighted by Crippen LogP contribution is -2.14. The molecular weight excluding hydrogens is 362 g/mol. The molecule has 2 aromatic carbocycles. The molecule has 0 aliphatic carbocycles. The fourth-order valence-corrected chi connectivity index (χ4v) is 3.34. The maximum atomic E-state index is 12.0. The molecule has 0 radical (unpaired) electrons. The Kier molecular flexibility index (Phi) is 6.80. The van der Waals surface area contributed by atoms with Crippen LogP contribution in [0.1, 0.15) is 12.5 Å². The number of ether oxygens (including phenoxy) is 1. The fourth-order valence-electron chi connectivity index (χ4n) is 1.90. The van der Waals surface area contributed by atoms with Crippen LogP contribution < -0.4 is 10.1 Å². The van der Waals surface area contributed by atoms with Gasteiger partial charge in [-0.2, -0.15) is 0 Å². The summed E-state index contributed by atoms with van der Waals surface area (Å²) >= 11 is 5.10. The number of carbonyl (C=O) groups excluding carboxylic acids is 1. The van der Waals surface area contributed by atoms with Crippen molar-refractivity contribution in [2.45, 2.75) is 12.7 Å². The summed E-state index contributed by atoms with van der Waals surface area (Å²) in [5, 5.41) is 2.89. The van der Waals surface area contributed by atoms with Crippen LogP contribution in [0.4, 0.5) is 5.69 Å². The number of benzene rings is 2. The SMILES string of the molecule is CCOc1cccc(NC(=O)CSCc2ccccc2Br)c1. The van der Waals surface area contributed by atoms with E-state index in [0.717, 1.165) is 21.7 Å². The highest BCUT2D eigenvalue weighted by atomic mass is 79.9. The third-order valence-electron chi connectivity index (χ3n) is 2.88. The predicted octanol–water partition coefficient (Wildman–Crippen LogP) is 4.72. The molecule has 1 amide bonds. The van der Waals surface area contributed by atoms with Gasteiger partial charge in [-0.25, -0.2) is 0 Å². The molecule has 1 N–H and O–H groups in total. The van der Waals surface area contributed by atoms with Crippen molar-refractivity contribution in [3.8, 4) is 5.75 Å². The number of hydrogen-bond acceptors (Lipinski definition) is 3. The number of anilines is 1. The van der Waals surface area contributed by atoms with Crippen LogP contribution in [-0.2, 0) is 10.5 Å². The van der Waals surface area contributed by atoms with Crippen LogP contribution in [0.2, 0.25) is 0 Å². The van der Waals surface area contributed by atoms with E-state index in [4.69, 9.17) is 4.74 Å². The van der Waals surface area contributed by atoms with Crippen molar-refractivity contribution >= 4 is 39.3 Å². The van der Waals surface area contributed by atoms with Crippen molar-refractivity contribution in [3.05, 3.63) is 58.6 Å². The summed E-state index contributed by atoms with van der Waals surface area (Å²) in [6.07, 6.45) is 0. The van der Waals surface area contributed by atoms with E-state index in [1.165, 1.54) is 5.56 Å². The summed E-state index contributed by atoms with van der Waals surface area (Å²) in [5.74, 6) is 1.97. The molecule has 0 saturated heterocycles. The number of amides is 1. The van der Waals surface area contributed by atoms with Crippen molar-refractivity contribution < 1.29 is 9.53 Å². The molecule has 0 aliphatic rings. The van der Waals surface area contributed by atoms with Gasteiger partial charge in [0.2, 0.25) is 5.91 Å². The second kappa shape index (κ2) is 8.86. The van der Waals surface area contributed by atoms with Gasteiger partial charge < -0.3 is 10.1 Å². The molecule has 0 spiro atoms. The molecule has 0 fully saturated rings.